The highest BCUT2D eigenvalue weighted by atomic mass is 127. The number of carbonyl (C=O) groups excluding carboxylic acids is 1. The number of Topliss-reactive ketones (excluding diaryl/α,β-unsaturated/α-hetero) is 1. The number of allylic oxidation sites excluding steroid dienone is 1. The number of benzene rings is 2. The van der Waals surface area contributed by atoms with Gasteiger partial charge < -0.3 is 4.90 Å². The topological polar surface area (TPSA) is 20.3 Å². The van der Waals surface area contributed by atoms with Crippen LogP contribution in [0.3, 0.4) is 0 Å². The first-order valence-electron chi connectivity index (χ1n) is 8.70. The molecule has 4 heteroatoms. The summed E-state index contributed by atoms with van der Waals surface area (Å²) in [6, 6.07) is 16.8. The lowest BCUT2D eigenvalue weighted by molar-refractivity contribution is -0.111. The van der Waals surface area contributed by atoms with Crippen LogP contribution in [-0.2, 0) is 4.79 Å². The Labute approximate surface area is 182 Å². The van der Waals surface area contributed by atoms with Gasteiger partial charge in [0.25, 0.3) is 0 Å². The van der Waals surface area contributed by atoms with Gasteiger partial charge in [-0.1, -0.05) is 60.5 Å². The van der Waals surface area contributed by atoms with Gasteiger partial charge in [-0.15, -0.1) is 0 Å². The molecule has 0 saturated carbocycles. The molecule has 0 bridgehead atoms. The van der Waals surface area contributed by atoms with Gasteiger partial charge in [0.1, 0.15) is 5.70 Å². The van der Waals surface area contributed by atoms with Gasteiger partial charge in [0.05, 0.1) is 9.28 Å². The first-order chi connectivity index (χ1) is 12.4. The molecule has 0 radical (unpaired) electrons. The van der Waals surface area contributed by atoms with Crippen LogP contribution < -0.4 is 0 Å². The zero-order valence-electron chi connectivity index (χ0n) is 15.1. The third kappa shape index (κ3) is 3.76. The molecule has 3 rings (SSSR count). The minimum Gasteiger partial charge on any atom is -0.336 e. The Morgan fingerprint density at radius 1 is 1.04 bits per heavy atom. The van der Waals surface area contributed by atoms with E-state index in [0.717, 1.165) is 42.6 Å². The Kier molecular flexibility index (Phi) is 6.22. The number of halogens is 2. The molecule has 2 aromatic carbocycles. The molecule has 0 atom stereocenters. The van der Waals surface area contributed by atoms with E-state index >= 15 is 0 Å². The van der Waals surface area contributed by atoms with Gasteiger partial charge in [-0.3, -0.25) is 4.79 Å². The normalized spacial score (nSPS) is 16.5. The number of carbonyl (C=O) groups is 1. The zero-order chi connectivity index (χ0) is 18.8. The van der Waals surface area contributed by atoms with Crippen molar-refractivity contribution in [2.75, 3.05) is 6.54 Å². The summed E-state index contributed by atoms with van der Waals surface area (Å²) in [6.45, 7) is 7.15. The van der Waals surface area contributed by atoms with Crippen molar-refractivity contribution in [3.8, 4) is 0 Å². The summed E-state index contributed by atoms with van der Waals surface area (Å²) in [5, 5.41) is 0. The van der Waals surface area contributed by atoms with E-state index in [1.54, 1.807) is 0 Å². The van der Waals surface area contributed by atoms with E-state index in [1.807, 2.05) is 6.07 Å². The molecule has 1 aliphatic heterocycles. The molecule has 0 amide bonds. The fraction of sp³-hybridized carbons (Fsp3) is 0.227. The molecule has 0 N–H and O–H groups in total. The van der Waals surface area contributed by atoms with Crippen molar-refractivity contribution < 1.29 is 4.79 Å². The molecule has 134 valence electrons. The number of hydrogen-bond donors (Lipinski definition) is 0. The van der Waals surface area contributed by atoms with Crippen LogP contribution in [0.4, 0.5) is 0 Å². The van der Waals surface area contributed by atoms with E-state index in [9.17, 15) is 4.79 Å². The highest BCUT2D eigenvalue weighted by molar-refractivity contribution is 14.1. The highest BCUT2D eigenvalue weighted by Gasteiger charge is 2.36. The summed E-state index contributed by atoms with van der Waals surface area (Å²) in [7, 11) is 0. The van der Waals surface area contributed by atoms with Gasteiger partial charge in [-0.2, -0.15) is 0 Å². The van der Waals surface area contributed by atoms with Crippen molar-refractivity contribution in [1.82, 2.24) is 4.90 Å². The Balaban J connectivity index is 2.17. The standard InChI is InChI=1S/C22H21I2NO/c1-4-11-25-20(17-10-6-8-15(3)13-17)19(24)22(26)21(25)18(23)16-9-5-7-14(2)12-16/h5-10,12-13H,4,11H2,1-3H3/b21-18+. The molecule has 0 fully saturated rings. The van der Waals surface area contributed by atoms with Crippen molar-refractivity contribution in [3.05, 3.63) is 80.1 Å². The van der Waals surface area contributed by atoms with Gasteiger partial charge in [-0.05, 0) is 82.6 Å². The Bertz CT molecular complexity index is 927. The summed E-state index contributed by atoms with van der Waals surface area (Å²) in [4.78, 5) is 15.4. The Morgan fingerprint density at radius 2 is 1.69 bits per heavy atom. The second-order valence-electron chi connectivity index (χ2n) is 6.54. The van der Waals surface area contributed by atoms with Crippen LogP contribution in [0.15, 0.2) is 57.8 Å². The van der Waals surface area contributed by atoms with E-state index in [-0.39, 0.29) is 5.78 Å². The van der Waals surface area contributed by atoms with Gasteiger partial charge in [0.2, 0.25) is 5.78 Å². The van der Waals surface area contributed by atoms with E-state index in [1.165, 1.54) is 11.1 Å². The molecular formula is C22H21I2NO. The summed E-state index contributed by atoms with van der Waals surface area (Å²) in [5.74, 6) is 0.126. The number of nitrogens with zero attached hydrogens (tertiary/aromatic N) is 1. The fourth-order valence-electron chi connectivity index (χ4n) is 3.22. The van der Waals surface area contributed by atoms with Crippen molar-refractivity contribution in [2.45, 2.75) is 27.2 Å². The lowest BCUT2D eigenvalue weighted by atomic mass is 10.1. The molecule has 0 spiro atoms. The molecule has 2 aromatic rings. The smallest absolute Gasteiger partial charge is 0.218 e. The molecule has 0 unspecified atom stereocenters. The summed E-state index contributed by atoms with van der Waals surface area (Å²) in [5.41, 5.74) is 6.46. The van der Waals surface area contributed by atoms with E-state index in [4.69, 9.17) is 0 Å². The lowest BCUT2D eigenvalue weighted by Crippen LogP contribution is -2.21. The van der Waals surface area contributed by atoms with Crippen molar-refractivity contribution in [2.24, 2.45) is 0 Å². The predicted octanol–water partition coefficient (Wildman–Crippen LogP) is 6.51. The van der Waals surface area contributed by atoms with Gasteiger partial charge in [0, 0.05) is 10.1 Å². The van der Waals surface area contributed by atoms with Crippen LogP contribution in [0.5, 0.6) is 0 Å². The molecule has 0 saturated heterocycles. The van der Waals surface area contributed by atoms with Crippen molar-refractivity contribution in [1.29, 1.82) is 0 Å². The largest absolute Gasteiger partial charge is 0.336 e. The van der Waals surface area contributed by atoms with E-state index in [2.05, 4.69) is 113 Å². The van der Waals surface area contributed by atoms with Crippen molar-refractivity contribution >= 4 is 60.2 Å². The Morgan fingerprint density at radius 3 is 2.31 bits per heavy atom. The van der Waals surface area contributed by atoms with E-state index < -0.39 is 0 Å². The minimum atomic E-state index is 0.126. The average Bonchev–Trinajstić information content (AvgIpc) is 2.85. The third-order valence-corrected chi connectivity index (χ3v) is 6.51. The molecule has 26 heavy (non-hydrogen) atoms. The monoisotopic (exact) mass is 569 g/mol. The number of ketones is 1. The van der Waals surface area contributed by atoms with Gasteiger partial charge in [0.15, 0.2) is 0 Å². The van der Waals surface area contributed by atoms with Gasteiger partial charge in [-0.25, -0.2) is 0 Å². The Hall–Kier alpha value is -1.15. The quantitative estimate of drug-likeness (QED) is 0.310. The van der Waals surface area contributed by atoms with Crippen LogP contribution in [0.25, 0.3) is 9.28 Å². The minimum absolute atomic E-state index is 0.126. The number of rotatable bonds is 4. The zero-order valence-corrected chi connectivity index (χ0v) is 19.5. The number of aryl methyl sites for hydroxylation is 2. The molecule has 1 aliphatic rings. The molecule has 2 nitrogen and oxygen atoms in total. The second kappa shape index (κ2) is 8.25. The third-order valence-electron chi connectivity index (χ3n) is 4.38. The molecular weight excluding hydrogens is 548 g/mol. The van der Waals surface area contributed by atoms with Crippen molar-refractivity contribution in [3.63, 3.8) is 0 Å². The second-order valence-corrected chi connectivity index (χ2v) is 8.70. The lowest BCUT2D eigenvalue weighted by Gasteiger charge is -2.24. The molecule has 1 heterocycles. The maximum atomic E-state index is 13.2. The SMILES string of the molecule is CCCN1C(c2cccc(C)c2)=C(I)C(=O)/C1=C(\I)c1cccc(C)c1. The van der Waals surface area contributed by atoms with Gasteiger partial charge >= 0.3 is 0 Å². The summed E-state index contributed by atoms with van der Waals surface area (Å²) in [6.07, 6.45) is 0.980. The van der Waals surface area contributed by atoms with E-state index in [0.29, 0.717) is 0 Å². The van der Waals surface area contributed by atoms with Crippen LogP contribution in [0.2, 0.25) is 0 Å². The van der Waals surface area contributed by atoms with Crippen LogP contribution >= 0.6 is 45.2 Å². The van der Waals surface area contributed by atoms with Crippen LogP contribution in [0, 0.1) is 13.8 Å². The predicted molar refractivity (Wildman–Crippen MR) is 126 cm³/mol. The average molecular weight is 569 g/mol. The highest BCUT2D eigenvalue weighted by Crippen LogP contribution is 2.43. The molecule has 0 aromatic heterocycles. The fourth-order valence-corrected chi connectivity index (χ4v) is 4.95. The molecule has 0 aliphatic carbocycles. The summed E-state index contributed by atoms with van der Waals surface area (Å²) >= 11 is 4.55. The number of hydrogen-bond acceptors (Lipinski definition) is 2. The maximum absolute atomic E-state index is 13.2. The summed E-state index contributed by atoms with van der Waals surface area (Å²) < 4.78 is 1.82. The van der Waals surface area contributed by atoms with Crippen LogP contribution in [0.1, 0.15) is 35.6 Å². The van der Waals surface area contributed by atoms with Crippen LogP contribution in [-0.4, -0.2) is 17.2 Å². The first kappa shape index (κ1) is 19.6. The first-order valence-corrected chi connectivity index (χ1v) is 10.9. The maximum Gasteiger partial charge on any atom is 0.218 e.